The number of ether oxygens (including phenoxy) is 1. The summed E-state index contributed by atoms with van der Waals surface area (Å²) in [7, 11) is -5.01. The van der Waals surface area contributed by atoms with Crippen LogP contribution in [0.4, 0.5) is 10.3 Å². The largest absolute Gasteiger partial charge is 0.489 e. The van der Waals surface area contributed by atoms with Crippen molar-refractivity contribution in [2.75, 3.05) is 30.7 Å². The number of thiazole rings is 2. The fourth-order valence-corrected chi connectivity index (χ4v) is 6.05. The van der Waals surface area contributed by atoms with E-state index in [9.17, 15) is 27.9 Å². The van der Waals surface area contributed by atoms with Crippen molar-refractivity contribution in [2.45, 2.75) is 37.6 Å². The number of β-lactam (4-membered cyclic amide) rings is 1. The number of hydrogen-bond acceptors (Lipinski definition) is 16. The minimum absolute atomic E-state index is 0.0626. The van der Waals surface area contributed by atoms with E-state index in [1.807, 2.05) is 0 Å². The molecule has 2 saturated heterocycles. The van der Waals surface area contributed by atoms with Crippen LogP contribution in [0.5, 0.6) is 5.75 Å². The molecule has 2 fully saturated rings. The van der Waals surface area contributed by atoms with Gasteiger partial charge in [-0.3, -0.25) is 14.1 Å². The van der Waals surface area contributed by atoms with Gasteiger partial charge in [0.1, 0.15) is 24.1 Å². The van der Waals surface area contributed by atoms with Crippen molar-refractivity contribution < 1.29 is 46.3 Å². The van der Waals surface area contributed by atoms with Gasteiger partial charge in [0.05, 0.1) is 21.8 Å². The third kappa shape index (κ3) is 6.81. The number of carbonyl (C=O) groups is 3. The van der Waals surface area contributed by atoms with Crippen LogP contribution in [-0.4, -0.2) is 100 Å². The quantitative estimate of drug-likeness (QED) is 0.0596. The Labute approximate surface area is 257 Å². The standard InChI is InChI=1S/C23H26N8O10S3/c1-23(2)17(19(33)31(23)41-44(36,37)38)29-18(32)16(13-9-42-21(24)27-13)30-40-14(20(34)35)8-39-11-3-4-12-15(5-11)43-22(28-12)26-10-6-25-7-10/h3-5,9-10,14,17,25H,6-8H2,1-2H3,(H2,24,27)(H,26,28)(H,29,32)(H,34,35)(H,36,37,38)/b30-16-/t14-,17+/m0/s1. The van der Waals surface area contributed by atoms with Crippen molar-refractivity contribution in [1.82, 2.24) is 25.7 Å². The van der Waals surface area contributed by atoms with Crippen molar-refractivity contribution >= 4 is 77.0 Å². The van der Waals surface area contributed by atoms with E-state index in [4.69, 9.17) is 19.9 Å². The number of nitrogens with one attached hydrogen (secondary N) is 3. The van der Waals surface area contributed by atoms with Crippen molar-refractivity contribution in [3.8, 4) is 5.75 Å². The summed E-state index contributed by atoms with van der Waals surface area (Å²) in [5.74, 6) is -3.10. The summed E-state index contributed by atoms with van der Waals surface area (Å²) >= 11 is 2.39. The number of nitrogens with two attached hydrogens (primary N) is 1. The highest BCUT2D eigenvalue weighted by molar-refractivity contribution is 7.80. The van der Waals surface area contributed by atoms with Crippen molar-refractivity contribution in [3.63, 3.8) is 0 Å². The first-order valence-electron chi connectivity index (χ1n) is 12.7. The summed E-state index contributed by atoms with van der Waals surface area (Å²) in [6.07, 6.45) is -1.67. The van der Waals surface area contributed by atoms with Gasteiger partial charge in [0.2, 0.25) is 0 Å². The minimum atomic E-state index is -5.01. The van der Waals surface area contributed by atoms with Crippen LogP contribution >= 0.6 is 22.7 Å². The Hall–Kier alpha value is -4.15. The van der Waals surface area contributed by atoms with E-state index in [2.05, 4.69) is 35.4 Å². The third-order valence-corrected chi connectivity index (χ3v) is 8.48. The fraction of sp³-hybridized carbons (Fsp3) is 0.391. The molecule has 7 N–H and O–H groups in total. The first kappa shape index (κ1) is 31.3. The monoisotopic (exact) mass is 670 g/mol. The number of carboxylic acids is 1. The summed E-state index contributed by atoms with van der Waals surface area (Å²) in [6.45, 7) is 3.94. The number of aliphatic carboxylic acids is 1. The normalized spacial score (nSPS) is 19.2. The Morgan fingerprint density at radius 3 is 2.66 bits per heavy atom. The van der Waals surface area contributed by atoms with Gasteiger partial charge in [-0.05, 0) is 32.0 Å². The zero-order valence-corrected chi connectivity index (χ0v) is 25.4. The molecule has 2 aliphatic heterocycles. The molecule has 18 nitrogen and oxygen atoms in total. The number of hydrogen-bond donors (Lipinski definition) is 6. The number of aromatic nitrogens is 2. The highest BCUT2D eigenvalue weighted by Gasteiger charge is 2.58. The number of oxime groups is 1. The van der Waals surface area contributed by atoms with E-state index in [-0.39, 0.29) is 10.8 Å². The maximum atomic E-state index is 13.2. The van der Waals surface area contributed by atoms with Gasteiger partial charge in [-0.25, -0.2) is 14.8 Å². The molecule has 5 rings (SSSR count). The lowest BCUT2D eigenvalue weighted by molar-refractivity contribution is -0.218. The Kier molecular flexibility index (Phi) is 8.59. The Balaban J connectivity index is 1.27. The number of anilines is 2. The highest BCUT2D eigenvalue weighted by atomic mass is 32.3. The molecule has 3 aromatic rings. The number of fused-ring (bicyclic) bond motifs is 1. The van der Waals surface area contributed by atoms with E-state index < -0.39 is 58.2 Å². The molecular weight excluding hydrogens is 645 g/mol. The molecule has 0 unspecified atom stereocenters. The van der Waals surface area contributed by atoms with Crippen LogP contribution in [0.15, 0.2) is 28.7 Å². The van der Waals surface area contributed by atoms with Gasteiger partial charge in [0.25, 0.3) is 17.9 Å². The number of nitrogen functional groups attached to an aromatic ring is 1. The number of hydroxylamine groups is 2. The van der Waals surface area contributed by atoms with Crippen LogP contribution < -0.4 is 26.4 Å². The Bertz CT molecular complexity index is 1740. The van der Waals surface area contributed by atoms with Gasteiger partial charge in [-0.15, -0.1) is 15.6 Å². The van der Waals surface area contributed by atoms with Crippen LogP contribution in [0, 0.1) is 0 Å². The van der Waals surface area contributed by atoms with E-state index in [0.717, 1.165) is 39.8 Å². The molecule has 2 atom stereocenters. The topological polar surface area (TPSA) is 257 Å². The van der Waals surface area contributed by atoms with Crippen LogP contribution in [0.25, 0.3) is 10.2 Å². The van der Waals surface area contributed by atoms with Crippen molar-refractivity contribution in [3.05, 3.63) is 29.3 Å². The second-order valence-electron chi connectivity index (χ2n) is 10.1. The van der Waals surface area contributed by atoms with E-state index in [1.165, 1.54) is 30.6 Å². The van der Waals surface area contributed by atoms with Crippen LogP contribution in [-0.2, 0) is 33.9 Å². The smallest absolute Gasteiger partial charge is 0.418 e. The average molecular weight is 671 g/mol. The molecule has 1 aromatic carbocycles. The second-order valence-corrected chi connectivity index (χ2v) is 13.0. The summed E-state index contributed by atoms with van der Waals surface area (Å²) in [4.78, 5) is 51.3. The van der Waals surface area contributed by atoms with E-state index >= 15 is 0 Å². The predicted molar refractivity (Wildman–Crippen MR) is 156 cm³/mol. The third-order valence-electron chi connectivity index (χ3n) is 6.52. The lowest BCUT2D eigenvalue weighted by Crippen LogP contribution is -2.76. The second kappa shape index (κ2) is 12.1. The molecular formula is C23H26N8O10S3. The molecule has 0 radical (unpaired) electrons. The van der Waals surface area contributed by atoms with Gasteiger partial charge < -0.3 is 36.4 Å². The predicted octanol–water partition coefficient (Wildman–Crippen LogP) is -0.188. The van der Waals surface area contributed by atoms with Crippen molar-refractivity contribution in [2.24, 2.45) is 5.16 Å². The Morgan fingerprint density at radius 2 is 2.07 bits per heavy atom. The number of carboxylic acid groups (broad SMARTS) is 1. The van der Waals surface area contributed by atoms with Crippen LogP contribution in [0.3, 0.4) is 0 Å². The molecule has 0 spiro atoms. The summed E-state index contributed by atoms with van der Waals surface area (Å²) in [5, 5.41) is 24.9. The van der Waals surface area contributed by atoms with E-state index in [1.54, 1.807) is 18.2 Å². The zero-order valence-electron chi connectivity index (χ0n) is 22.9. The minimum Gasteiger partial charge on any atom is -0.489 e. The van der Waals surface area contributed by atoms with Crippen LogP contribution in [0.1, 0.15) is 19.5 Å². The number of carbonyl (C=O) groups excluding carboxylic acids is 2. The molecule has 0 aliphatic carbocycles. The van der Waals surface area contributed by atoms with Gasteiger partial charge in [-0.1, -0.05) is 16.5 Å². The molecule has 2 amide bonds. The van der Waals surface area contributed by atoms with Gasteiger partial charge in [0.15, 0.2) is 16.0 Å². The van der Waals surface area contributed by atoms with E-state index in [0.29, 0.717) is 16.9 Å². The zero-order chi connectivity index (χ0) is 31.8. The summed E-state index contributed by atoms with van der Waals surface area (Å²) in [5.41, 5.74) is 4.41. The summed E-state index contributed by atoms with van der Waals surface area (Å²) in [6, 6.07) is 4.06. The maximum Gasteiger partial charge on any atom is 0.418 e. The number of benzene rings is 1. The maximum absolute atomic E-state index is 13.2. The molecule has 4 heterocycles. The molecule has 2 aromatic heterocycles. The molecule has 0 bridgehead atoms. The number of amides is 2. The lowest BCUT2D eigenvalue weighted by Gasteiger charge is -2.50. The first-order valence-corrected chi connectivity index (χ1v) is 15.8. The summed E-state index contributed by atoms with van der Waals surface area (Å²) < 4.78 is 41.8. The van der Waals surface area contributed by atoms with Gasteiger partial charge in [0, 0.05) is 18.5 Å². The SMILES string of the molecule is CC1(C)[C@H](NC(=O)/C(=N\O[C@@H](COc2ccc3nc(NC4CNC4)sc3c2)C(=O)O)c2csc(N)n2)C(=O)N1OS(=O)(=O)O. The van der Waals surface area contributed by atoms with Gasteiger partial charge in [-0.2, -0.15) is 13.5 Å². The average Bonchev–Trinajstić information content (AvgIpc) is 3.54. The molecule has 21 heteroatoms. The Morgan fingerprint density at radius 1 is 1.32 bits per heavy atom. The van der Waals surface area contributed by atoms with Gasteiger partial charge >= 0.3 is 16.4 Å². The first-order chi connectivity index (χ1) is 20.7. The molecule has 0 saturated carbocycles. The molecule has 2 aliphatic rings. The molecule has 44 heavy (non-hydrogen) atoms. The molecule has 236 valence electrons. The van der Waals surface area contributed by atoms with Crippen molar-refractivity contribution in [1.29, 1.82) is 0 Å². The number of rotatable bonds is 13. The van der Waals surface area contributed by atoms with Crippen LogP contribution in [0.2, 0.25) is 0 Å². The lowest BCUT2D eigenvalue weighted by atomic mass is 9.84. The highest BCUT2D eigenvalue weighted by Crippen LogP contribution is 2.33. The number of nitrogens with zero attached hydrogens (tertiary/aromatic N) is 4. The fourth-order valence-electron chi connectivity index (χ4n) is 4.08.